The number of carbonyl (C=O) groups excluding carboxylic acids is 2. The first-order chi connectivity index (χ1) is 16.5. The predicted molar refractivity (Wildman–Crippen MR) is 126 cm³/mol. The van der Waals surface area contributed by atoms with Crippen molar-refractivity contribution in [3.05, 3.63) is 77.1 Å². The van der Waals surface area contributed by atoms with Gasteiger partial charge in [-0.2, -0.15) is 0 Å². The molecule has 9 nitrogen and oxygen atoms in total. The molecule has 2 aromatic carbocycles. The summed E-state index contributed by atoms with van der Waals surface area (Å²) in [6.07, 6.45) is 1.43. The number of hydrogen-bond donors (Lipinski definition) is 2. The number of aromatic nitrogens is 1. The highest BCUT2D eigenvalue weighted by molar-refractivity contribution is 5.98. The second-order valence-corrected chi connectivity index (χ2v) is 7.17. The minimum atomic E-state index is -0.399. The standard InChI is InChI=1S/C25H27N3O6/c1-31-20-7-5-16(11-22(20)33-3)14-27-24(29)18-9-10-26-19(13-18)25(30)28-15-17-6-8-21(32-2)23(12-17)34-4/h5-13H,14-15H2,1-4H3,(H,27,29)(H,28,30). The lowest BCUT2D eigenvalue weighted by molar-refractivity contribution is 0.0946. The van der Waals surface area contributed by atoms with Crippen molar-refractivity contribution < 1.29 is 28.5 Å². The molecule has 0 saturated carbocycles. The molecule has 9 heteroatoms. The second kappa shape index (κ2) is 11.6. The molecule has 1 aromatic heterocycles. The van der Waals surface area contributed by atoms with Gasteiger partial charge in [-0.15, -0.1) is 0 Å². The summed E-state index contributed by atoms with van der Waals surface area (Å²) in [5, 5.41) is 5.63. The lowest BCUT2D eigenvalue weighted by Gasteiger charge is -2.11. The van der Waals surface area contributed by atoms with E-state index in [0.29, 0.717) is 28.6 Å². The van der Waals surface area contributed by atoms with Crippen LogP contribution in [0.15, 0.2) is 54.7 Å². The average Bonchev–Trinajstić information content (AvgIpc) is 2.89. The van der Waals surface area contributed by atoms with Crippen LogP contribution < -0.4 is 29.6 Å². The van der Waals surface area contributed by atoms with Crippen molar-refractivity contribution in [2.75, 3.05) is 28.4 Å². The first-order valence-corrected chi connectivity index (χ1v) is 10.4. The highest BCUT2D eigenvalue weighted by Gasteiger charge is 2.13. The molecule has 3 aromatic rings. The first-order valence-electron chi connectivity index (χ1n) is 10.4. The fraction of sp³-hybridized carbons (Fsp3) is 0.240. The molecule has 178 valence electrons. The van der Waals surface area contributed by atoms with Crippen LogP contribution in [0.4, 0.5) is 0 Å². The maximum atomic E-state index is 12.6. The summed E-state index contributed by atoms with van der Waals surface area (Å²) >= 11 is 0. The van der Waals surface area contributed by atoms with Gasteiger partial charge in [0.1, 0.15) is 5.69 Å². The Labute approximate surface area is 198 Å². The average molecular weight is 466 g/mol. The van der Waals surface area contributed by atoms with Gasteiger partial charge in [-0.3, -0.25) is 14.6 Å². The summed E-state index contributed by atoms with van der Waals surface area (Å²) in [6.45, 7) is 0.541. The number of ether oxygens (including phenoxy) is 4. The Hall–Kier alpha value is -4.27. The number of rotatable bonds is 10. The third-order valence-corrected chi connectivity index (χ3v) is 5.06. The van der Waals surface area contributed by atoms with E-state index in [1.165, 1.54) is 12.3 Å². The molecule has 34 heavy (non-hydrogen) atoms. The smallest absolute Gasteiger partial charge is 0.270 e. The van der Waals surface area contributed by atoms with Gasteiger partial charge in [-0.25, -0.2) is 0 Å². The minimum Gasteiger partial charge on any atom is -0.493 e. The molecule has 0 aliphatic carbocycles. The normalized spacial score (nSPS) is 10.2. The highest BCUT2D eigenvalue weighted by atomic mass is 16.5. The molecule has 0 saturated heterocycles. The molecule has 0 radical (unpaired) electrons. The summed E-state index contributed by atoms with van der Waals surface area (Å²) in [7, 11) is 6.22. The lowest BCUT2D eigenvalue weighted by atomic mass is 10.1. The van der Waals surface area contributed by atoms with Crippen LogP contribution in [0.1, 0.15) is 32.0 Å². The number of carbonyl (C=O) groups is 2. The Morgan fingerprint density at radius 1 is 0.676 bits per heavy atom. The Balaban J connectivity index is 1.61. The zero-order valence-electron chi connectivity index (χ0n) is 19.5. The van der Waals surface area contributed by atoms with Crippen molar-refractivity contribution in [3.8, 4) is 23.0 Å². The van der Waals surface area contributed by atoms with Crippen molar-refractivity contribution in [2.24, 2.45) is 0 Å². The molecule has 2 N–H and O–H groups in total. The predicted octanol–water partition coefficient (Wildman–Crippen LogP) is 2.98. The van der Waals surface area contributed by atoms with Gasteiger partial charge in [0.2, 0.25) is 0 Å². The van der Waals surface area contributed by atoms with Crippen molar-refractivity contribution in [1.29, 1.82) is 0 Å². The molecule has 0 unspecified atom stereocenters. The van der Waals surface area contributed by atoms with Gasteiger partial charge in [0.25, 0.3) is 11.8 Å². The number of hydrogen-bond acceptors (Lipinski definition) is 7. The van der Waals surface area contributed by atoms with Crippen molar-refractivity contribution in [3.63, 3.8) is 0 Å². The third kappa shape index (κ3) is 5.94. The van der Waals surface area contributed by atoms with Crippen LogP contribution in [0.2, 0.25) is 0 Å². The molecule has 0 aliphatic rings. The van der Waals surface area contributed by atoms with E-state index < -0.39 is 5.91 Å². The van der Waals surface area contributed by atoms with E-state index in [0.717, 1.165) is 11.1 Å². The fourth-order valence-electron chi connectivity index (χ4n) is 3.23. The Bertz CT molecular complexity index is 1080. The van der Waals surface area contributed by atoms with E-state index in [1.807, 2.05) is 12.1 Å². The number of nitrogens with one attached hydrogen (secondary N) is 2. The molecule has 0 fully saturated rings. The van der Waals surface area contributed by atoms with Gasteiger partial charge in [0.15, 0.2) is 23.0 Å². The fourth-order valence-corrected chi connectivity index (χ4v) is 3.23. The van der Waals surface area contributed by atoms with E-state index in [9.17, 15) is 9.59 Å². The van der Waals surface area contributed by atoms with Crippen LogP contribution in [0, 0.1) is 0 Å². The number of nitrogens with zero attached hydrogens (tertiary/aromatic N) is 1. The minimum absolute atomic E-state index is 0.138. The summed E-state index contributed by atoms with van der Waals surface area (Å²) < 4.78 is 21.0. The molecular weight excluding hydrogens is 438 g/mol. The SMILES string of the molecule is COc1ccc(CNC(=O)c2ccnc(C(=O)NCc3ccc(OC)c(OC)c3)c2)cc1OC. The Morgan fingerprint density at radius 3 is 1.68 bits per heavy atom. The Morgan fingerprint density at radius 2 is 1.18 bits per heavy atom. The number of pyridine rings is 1. The molecule has 0 aliphatic heterocycles. The molecule has 2 amide bonds. The number of amides is 2. The number of methoxy groups -OCH3 is 4. The maximum Gasteiger partial charge on any atom is 0.270 e. The van der Waals surface area contributed by atoms with E-state index in [1.54, 1.807) is 58.8 Å². The topological polar surface area (TPSA) is 108 Å². The summed E-state index contributed by atoms with van der Waals surface area (Å²) in [5.41, 5.74) is 2.13. The zero-order chi connectivity index (χ0) is 24.5. The largest absolute Gasteiger partial charge is 0.493 e. The lowest BCUT2D eigenvalue weighted by Crippen LogP contribution is -2.26. The molecular formula is C25H27N3O6. The highest BCUT2D eigenvalue weighted by Crippen LogP contribution is 2.28. The molecule has 3 rings (SSSR count). The van der Waals surface area contributed by atoms with Gasteiger partial charge in [-0.05, 0) is 47.5 Å². The van der Waals surface area contributed by atoms with E-state index in [2.05, 4.69) is 15.6 Å². The molecule has 0 atom stereocenters. The summed E-state index contributed by atoms with van der Waals surface area (Å²) in [5.74, 6) is 1.63. The first kappa shape index (κ1) is 24.4. The van der Waals surface area contributed by atoms with Gasteiger partial charge < -0.3 is 29.6 Å². The maximum absolute atomic E-state index is 12.6. The van der Waals surface area contributed by atoms with Gasteiger partial charge in [-0.1, -0.05) is 12.1 Å². The second-order valence-electron chi connectivity index (χ2n) is 7.17. The van der Waals surface area contributed by atoms with Gasteiger partial charge in [0, 0.05) is 24.8 Å². The van der Waals surface area contributed by atoms with Crippen LogP contribution in [0.3, 0.4) is 0 Å². The monoisotopic (exact) mass is 465 g/mol. The third-order valence-electron chi connectivity index (χ3n) is 5.06. The van der Waals surface area contributed by atoms with Crippen LogP contribution in [-0.2, 0) is 13.1 Å². The number of benzene rings is 2. The molecule has 0 bridgehead atoms. The van der Waals surface area contributed by atoms with Crippen molar-refractivity contribution in [2.45, 2.75) is 13.1 Å². The van der Waals surface area contributed by atoms with E-state index in [4.69, 9.17) is 18.9 Å². The Kier molecular flexibility index (Phi) is 8.28. The quantitative estimate of drug-likeness (QED) is 0.474. The van der Waals surface area contributed by atoms with Crippen molar-refractivity contribution >= 4 is 11.8 Å². The zero-order valence-corrected chi connectivity index (χ0v) is 19.5. The molecule has 1 heterocycles. The van der Waals surface area contributed by atoms with Gasteiger partial charge >= 0.3 is 0 Å². The summed E-state index contributed by atoms with van der Waals surface area (Å²) in [6, 6.07) is 13.8. The van der Waals surface area contributed by atoms with Crippen LogP contribution in [0.25, 0.3) is 0 Å². The van der Waals surface area contributed by atoms with Gasteiger partial charge in [0.05, 0.1) is 28.4 Å². The summed E-state index contributed by atoms with van der Waals surface area (Å²) in [4.78, 5) is 29.3. The van der Waals surface area contributed by atoms with Crippen LogP contribution >= 0.6 is 0 Å². The van der Waals surface area contributed by atoms with E-state index in [-0.39, 0.29) is 24.7 Å². The molecule has 0 spiro atoms. The van der Waals surface area contributed by atoms with Crippen LogP contribution in [0.5, 0.6) is 23.0 Å². The van der Waals surface area contributed by atoms with Crippen LogP contribution in [-0.4, -0.2) is 45.2 Å². The van der Waals surface area contributed by atoms with E-state index >= 15 is 0 Å². The van der Waals surface area contributed by atoms with Crippen molar-refractivity contribution in [1.82, 2.24) is 15.6 Å².